The van der Waals surface area contributed by atoms with Crippen LogP contribution < -0.4 is 5.73 Å². The molecule has 3 aliphatic heterocycles. The first-order valence-electron chi connectivity index (χ1n) is 19.9. The molecule has 0 spiro atoms. The van der Waals surface area contributed by atoms with Crippen molar-refractivity contribution in [3.8, 4) is 17.2 Å². The van der Waals surface area contributed by atoms with Gasteiger partial charge in [-0.3, -0.25) is 19.2 Å². The number of aromatic hydroxyl groups is 3. The first-order valence-corrected chi connectivity index (χ1v) is 19.9. The van der Waals surface area contributed by atoms with E-state index in [1.807, 2.05) is 19.0 Å². The molecule has 2 aromatic carbocycles. The number of hydrogen-bond donors (Lipinski definition) is 6. The number of hydrogen-bond acceptors (Lipinski definition) is 18. The molecule has 2 saturated heterocycles. The fraction of sp³-hybridized carbons (Fsp3) is 0.571. The molecule has 0 bridgehead atoms. The number of benzene rings is 2. The Morgan fingerprint density at radius 1 is 0.900 bits per heavy atom. The average molecular weight is 841 g/mol. The summed E-state index contributed by atoms with van der Waals surface area (Å²) in [7, 11) is 4.81. The van der Waals surface area contributed by atoms with Crippen molar-refractivity contribution in [3.63, 3.8) is 0 Å². The van der Waals surface area contributed by atoms with Crippen molar-refractivity contribution in [2.24, 2.45) is 5.73 Å². The Labute approximate surface area is 345 Å². The lowest BCUT2D eigenvalue weighted by atomic mass is 9.67. The number of nitrogens with two attached hydrogens (primary N) is 1. The number of carbonyl (C=O) groups excluding carboxylic acids is 4. The standard InChI is InChI=1S/C42H52N2O16/c1-8-42(53)15-27(30-19(34(42)40(52)54-7)11-20-31(36(30)50)37(51)33-24(46)10-9-23(45)32(33)35(20)49)58-28-13-22(44(5)6)38(17(3)55-28)59-29-14-26(48)39(18(4)56-29)60-41-21(43)12-25(47)16(2)57-41/h9-12,16-18,22,26-29,34,38-39,41,45-46,48,50,53H,8,13-15,43H2,1-7H3/t16?,17?,18?,22?,26?,27?,28?,29?,34?,38?,39?,41?,42-/m1/s1. The molecule has 18 heteroatoms. The molecule has 2 fully saturated rings. The summed E-state index contributed by atoms with van der Waals surface area (Å²) < 4.78 is 42.3. The Balaban J connectivity index is 1.15. The predicted molar refractivity (Wildman–Crippen MR) is 206 cm³/mol. The highest BCUT2D eigenvalue weighted by molar-refractivity contribution is 6.31. The van der Waals surface area contributed by atoms with Crippen LogP contribution in [0, 0.1) is 0 Å². The summed E-state index contributed by atoms with van der Waals surface area (Å²) in [4.78, 5) is 55.2. The van der Waals surface area contributed by atoms with Crippen molar-refractivity contribution in [1.29, 1.82) is 0 Å². The van der Waals surface area contributed by atoms with E-state index in [2.05, 4.69) is 0 Å². The number of ether oxygens (including phenoxy) is 7. The summed E-state index contributed by atoms with van der Waals surface area (Å²) in [6.45, 7) is 6.71. The number of methoxy groups -OCH3 is 1. The van der Waals surface area contributed by atoms with Crippen molar-refractivity contribution in [2.45, 2.75) is 133 Å². The zero-order valence-electron chi connectivity index (χ0n) is 34.3. The molecule has 3 heterocycles. The molecular formula is C42H52N2O16. The number of nitrogens with zero attached hydrogens (tertiary/aromatic N) is 1. The van der Waals surface area contributed by atoms with Gasteiger partial charge >= 0.3 is 5.97 Å². The molecule has 0 amide bonds. The van der Waals surface area contributed by atoms with Gasteiger partial charge in [-0.05, 0) is 65.0 Å². The molecule has 60 heavy (non-hydrogen) atoms. The molecule has 0 saturated carbocycles. The highest BCUT2D eigenvalue weighted by atomic mass is 16.7. The molecule has 12 unspecified atom stereocenters. The number of phenolic OH excluding ortho intramolecular Hbond substituents is 3. The van der Waals surface area contributed by atoms with E-state index in [0.717, 1.165) is 19.2 Å². The summed E-state index contributed by atoms with van der Waals surface area (Å²) in [5, 5.41) is 56.5. The Hall–Kier alpha value is -4.50. The third-order valence-corrected chi connectivity index (χ3v) is 12.4. The maximum absolute atomic E-state index is 14.0. The first-order chi connectivity index (χ1) is 28.3. The molecule has 2 aliphatic carbocycles. The van der Waals surface area contributed by atoms with Crippen LogP contribution in [0.3, 0.4) is 0 Å². The number of ketones is 3. The summed E-state index contributed by atoms with van der Waals surface area (Å²) in [6, 6.07) is 2.97. The van der Waals surface area contributed by atoms with E-state index in [0.29, 0.717) is 0 Å². The molecule has 326 valence electrons. The largest absolute Gasteiger partial charge is 0.507 e. The van der Waals surface area contributed by atoms with Gasteiger partial charge in [0.2, 0.25) is 5.78 Å². The van der Waals surface area contributed by atoms with Crippen molar-refractivity contribution >= 4 is 23.3 Å². The summed E-state index contributed by atoms with van der Waals surface area (Å²) in [5.41, 5.74) is 2.42. The van der Waals surface area contributed by atoms with Gasteiger partial charge in [0.1, 0.15) is 41.5 Å². The number of likely N-dealkylation sites (N-methyl/N-ethyl adjacent to an activating group) is 1. The summed E-state index contributed by atoms with van der Waals surface area (Å²) in [5.74, 6) is -6.24. The average Bonchev–Trinajstić information content (AvgIpc) is 3.18. The van der Waals surface area contributed by atoms with Crippen molar-refractivity contribution in [2.75, 3.05) is 21.2 Å². The van der Waals surface area contributed by atoms with Crippen molar-refractivity contribution in [3.05, 3.63) is 63.4 Å². The zero-order chi connectivity index (χ0) is 43.7. The second-order valence-electron chi connectivity index (χ2n) is 16.4. The van der Waals surface area contributed by atoms with Gasteiger partial charge < -0.3 is 69.3 Å². The second-order valence-corrected chi connectivity index (χ2v) is 16.4. The molecule has 2 aromatic rings. The molecule has 7 N–H and O–H groups in total. The number of aliphatic hydroxyl groups is 2. The van der Waals surface area contributed by atoms with E-state index in [1.54, 1.807) is 27.7 Å². The van der Waals surface area contributed by atoms with E-state index in [4.69, 9.17) is 38.9 Å². The van der Waals surface area contributed by atoms with Crippen LogP contribution in [0.4, 0.5) is 0 Å². The highest BCUT2D eigenvalue weighted by Crippen LogP contribution is 2.54. The van der Waals surface area contributed by atoms with Crippen LogP contribution in [-0.4, -0.2) is 142 Å². The van der Waals surface area contributed by atoms with Crippen LogP contribution in [0.15, 0.2) is 30.0 Å². The minimum Gasteiger partial charge on any atom is -0.507 e. The SMILES string of the molecule is CC[C@@]1(O)CC(OC2CC(N(C)C)C(OC3CC(O)C(OC4OC(C)C(=O)C=C4N)C(C)O3)C(C)O2)c2c(cc3c(c2O)C(=O)c2c(O)ccc(O)c2C3=O)C1C(=O)OC. The zero-order valence-corrected chi connectivity index (χ0v) is 34.3. The molecule has 0 radical (unpaired) electrons. The first kappa shape index (κ1) is 43.6. The Morgan fingerprint density at radius 3 is 2.12 bits per heavy atom. The number of esters is 1. The lowest BCUT2D eigenvalue weighted by Gasteiger charge is -2.48. The lowest BCUT2D eigenvalue weighted by Crippen LogP contribution is -2.58. The number of aliphatic hydroxyl groups excluding tert-OH is 1. The quantitative estimate of drug-likeness (QED) is 0.133. The van der Waals surface area contributed by atoms with Gasteiger partial charge in [0.05, 0.1) is 59.5 Å². The molecule has 7 rings (SSSR count). The van der Waals surface area contributed by atoms with Crippen LogP contribution in [0.2, 0.25) is 0 Å². The minimum atomic E-state index is -1.82. The minimum absolute atomic E-state index is 0.0145. The van der Waals surface area contributed by atoms with Gasteiger partial charge in [0.25, 0.3) is 0 Å². The van der Waals surface area contributed by atoms with Crippen LogP contribution in [0.1, 0.15) is 108 Å². The van der Waals surface area contributed by atoms with Crippen LogP contribution in [0.5, 0.6) is 17.2 Å². The summed E-state index contributed by atoms with van der Waals surface area (Å²) >= 11 is 0. The monoisotopic (exact) mass is 840 g/mol. The Kier molecular flexibility index (Phi) is 11.9. The van der Waals surface area contributed by atoms with E-state index in [1.165, 1.54) is 12.1 Å². The maximum Gasteiger partial charge on any atom is 0.316 e. The van der Waals surface area contributed by atoms with Gasteiger partial charge in [-0.1, -0.05) is 6.92 Å². The highest BCUT2D eigenvalue weighted by Gasteiger charge is 2.54. The predicted octanol–water partition coefficient (Wildman–Crippen LogP) is 1.93. The van der Waals surface area contributed by atoms with E-state index < -0.39 is 125 Å². The van der Waals surface area contributed by atoms with Gasteiger partial charge in [-0.15, -0.1) is 0 Å². The van der Waals surface area contributed by atoms with Gasteiger partial charge in [0.15, 0.2) is 30.4 Å². The third-order valence-electron chi connectivity index (χ3n) is 12.4. The molecule has 13 atom stereocenters. The smallest absolute Gasteiger partial charge is 0.316 e. The van der Waals surface area contributed by atoms with Crippen molar-refractivity contribution < 1.29 is 77.9 Å². The number of rotatable bonds is 9. The van der Waals surface area contributed by atoms with Crippen molar-refractivity contribution in [1.82, 2.24) is 4.90 Å². The molecular weight excluding hydrogens is 788 g/mol. The fourth-order valence-electron chi connectivity index (χ4n) is 9.16. The number of phenols is 3. The second kappa shape index (κ2) is 16.4. The molecule has 0 aromatic heterocycles. The van der Waals surface area contributed by atoms with E-state index >= 15 is 0 Å². The maximum atomic E-state index is 14.0. The van der Waals surface area contributed by atoms with Crippen LogP contribution in [0.25, 0.3) is 0 Å². The Bertz CT molecular complexity index is 2090. The van der Waals surface area contributed by atoms with Crippen LogP contribution in [-0.2, 0) is 42.7 Å². The van der Waals surface area contributed by atoms with Gasteiger partial charge in [-0.25, -0.2) is 0 Å². The lowest BCUT2D eigenvalue weighted by molar-refractivity contribution is -0.321. The fourth-order valence-corrected chi connectivity index (χ4v) is 9.16. The summed E-state index contributed by atoms with van der Waals surface area (Å²) in [6.07, 6.45) is -7.59. The third kappa shape index (κ3) is 7.47. The molecule has 5 aliphatic rings. The Morgan fingerprint density at radius 2 is 1.52 bits per heavy atom. The van der Waals surface area contributed by atoms with E-state index in [-0.39, 0.29) is 59.9 Å². The number of fused-ring (bicyclic) bond motifs is 3. The van der Waals surface area contributed by atoms with E-state index in [9.17, 15) is 44.7 Å². The molecule has 18 nitrogen and oxygen atoms in total. The number of carbonyl (C=O) groups is 4. The van der Waals surface area contributed by atoms with Gasteiger partial charge in [-0.2, -0.15) is 0 Å². The topological polar surface area (TPSA) is 263 Å². The normalized spacial score (nSPS) is 35.4. The van der Waals surface area contributed by atoms with Crippen LogP contribution >= 0.6 is 0 Å². The van der Waals surface area contributed by atoms with Gasteiger partial charge in [0, 0.05) is 42.5 Å².